The van der Waals surface area contributed by atoms with Gasteiger partial charge in [-0.15, -0.1) is 5.10 Å². The van der Waals surface area contributed by atoms with Gasteiger partial charge in [0, 0.05) is 28.4 Å². The Labute approximate surface area is 206 Å². The van der Waals surface area contributed by atoms with Gasteiger partial charge in [0.25, 0.3) is 5.56 Å². The molecule has 2 heterocycles. The minimum atomic E-state index is -0.191. The highest BCUT2D eigenvalue weighted by molar-refractivity contribution is 14.1. The van der Waals surface area contributed by atoms with Gasteiger partial charge in [-0.1, -0.05) is 76.6 Å². The summed E-state index contributed by atoms with van der Waals surface area (Å²) in [5, 5.41) is 10.0. The zero-order valence-corrected chi connectivity index (χ0v) is 20.5. The summed E-state index contributed by atoms with van der Waals surface area (Å²) in [7, 11) is 0. The van der Waals surface area contributed by atoms with E-state index in [-0.39, 0.29) is 5.56 Å². The van der Waals surface area contributed by atoms with Crippen molar-refractivity contribution in [3.8, 4) is 0 Å². The van der Waals surface area contributed by atoms with Crippen molar-refractivity contribution in [2.45, 2.75) is 23.9 Å². The van der Waals surface area contributed by atoms with Crippen molar-refractivity contribution >= 4 is 57.6 Å². The predicted molar refractivity (Wildman–Crippen MR) is 132 cm³/mol. The van der Waals surface area contributed by atoms with Crippen LogP contribution in [0.5, 0.6) is 0 Å². The average molecular weight is 584 g/mol. The second kappa shape index (κ2) is 10.2. The second-order valence-electron chi connectivity index (χ2n) is 6.69. The van der Waals surface area contributed by atoms with E-state index in [2.05, 4.69) is 20.3 Å². The molecule has 0 aliphatic heterocycles. The smallest absolute Gasteiger partial charge is 0.265 e. The van der Waals surface area contributed by atoms with Gasteiger partial charge in [-0.3, -0.25) is 4.79 Å². The van der Waals surface area contributed by atoms with Crippen LogP contribution < -0.4 is 5.56 Å². The van der Waals surface area contributed by atoms with E-state index in [0.717, 1.165) is 16.8 Å². The fourth-order valence-electron chi connectivity index (χ4n) is 2.93. The molecule has 0 amide bonds. The molecule has 4 rings (SSSR count). The third-order valence-electron chi connectivity index (χ3n) is 4.45. The van der Waals surface area contributed by atoms with Gasteiger partial charge >= 0.3 is 0 Å². The van der Waals surface area contributed by atoms with Crippen molar-refractivity contribution in [3.63, 3.8) is 0 Å². The standard InChI is InChI=1S/C21H16Cl2IN5OS/c22-16-7-4-8-17(23)15(16)9-18-19(24)20(30)26-21(25-18)31-12-14-11-29(28-27-14)10-13-5-2-1-3-6-13/h1-8,11H,9-10,12H2,(H,25,26,30). The van der Waals surface area contributed by atoms with Crippen molar-refractivity contribution < 1.29 is 0 Å². The van der Waals surface area contributed by atoms with Gasteiger partial charge in [0.15, 0.2) is 5.16 Å². The summed E-state index contributed by atoms with van der Waals surface area (Å²) in [5.41, 5.74) is 3.15. The molecule has 0 atom stereocenters. The molecule has 0 spiro atoms. The van der Waals surface area contributed by atoms with Crippen LogP contribution in [-0.4, -0.2) is 25.0 Å². The van der Waals surface area contributed by atoms with Crippen molar-refractivity contribution in [1.29, 1.82) is 0 Å². The lowest BCUT2D eigenvalue weighted by Gasteiger charge is -2.09. The molecule has 0 saturated carbocycles. The first-order chi connectivity index (χ1) is 15.0. The number of hydrogen-bond donors (Lipinski definition) is 1. The molecule has 0 bridgehead atoms. The Bertz CT molecular complexity index is 1240. The van der Waals surface area contributed by atoms with E-state index < -0.39 is 0 Å². The molecular weight excluding hydrogens is 568 g/mol. The van der Waals surface area contributed by atoms with Gasteiger partial charge < -0.3 is 4.98 Å². The maximum atomic E-state index is 12.4. The number of nitrogens with zero attached hydrogens (tertiary/aromatic N) is 4. The molecule has 10 heteroatoms. The Morgan fingerprint density at radius 3 is 2.55 bits per heavy atom. The number of H-pyrrole nitrogens is 1. The number of aromatic nitrogens is 5. The number of halogens is 3. The molecule has 0 radical (unpaired) electrons. The highest BCUT2D eigenvalue weighted by atomic mass is 127. The minimum absolute atomic E-state index is 0.191. The van der Waals surface area contributed by atoms with Crippen molar-refractivity contribution in [3.05, 3.63) is 101 Å². The summed E-state index contributed by atoms with van der Waals surface area (Å²) in [6, 6.07) is 15.4. The third kappa shape index (κ3) is 5.68. The van der Waals surface area contributed by atoms with Crippen molar-refractivity contribution in [1.82, 2.24) is 25.0 Å². The SMILES string of the molecule is O=c1[nH]c(SCc2cn(Cc3ccccc3)nn2)nc(Cc2c(Cl)cccc2Cl)c1I. The van der Waals surface area contributed by atoms with Gasteiger partial charge in [-0.2, -0.15) is 0 Å². The first-order valence-corrected chi connectivity index (χ1v) is 12.1. The lowest BCUT2D eigenvalue weighted by Crippen LogP contribution is -2.16. The zero-order valence-electron chi connectivity index (χ0n) is 16.1. The molecule has 4 aromatic rings. The molecule has 158 valence electrons. The van der Waals surface area contributed by atoms with Crippen LogP contribution in [0, 0.1) is 3.57 Å². The minimum Gasteiger partial charge on any atom is -0.301 e. The molecule has 31 heavy (non-hydrogen) atoms. The lowest BCUT2D eigenvalue weighted by molar-refractivity contribution is 0.649. The Morgan fingerprint density at radius 1 is 1.06 bits per heavy atom. The largest absolute Gasteiger partial charge is 0.301 e. The number of hydrogen-bond acceptors (Lipinski definition) is 5. The maximum absolute atomic E-state index is 12.4. The van der Waals surface area contributed by atoms with E-state index in [9.17, 15) is 4.79 Å². The van der Waals surface area contributed by atoms with Gasteiger partial charge in [-0.05, 0) is 45.9 Å². The number of rotatable bonds is 7. The van der Waals surface area contributed by atoms with Crippen LogP contribution in [0.25, 0.3) is 0 Å². The Balaban J connectivity index is 1.48. The number of aromatic amines is 1. The Morgan fingerprint density at radius 2 is 1.81 bits per heavy atom. The number of thioether (sulfide) groups is 1. The summed E-state index contributed by atoms with van der Waals surface area (Å²) < 4.78 is 2.31. The summed E-state index contributed by atoms with van der Waals surface area (Å²) in [6.45, 7) is 0.653. The molecule has 6 nitrogen and oxygen atoms in total. The average Bonchev–Trinajstić information content (AvgIpc) is 3.20. The zero-order chi connectivity index (χ0) is 21.8. The van der Waals surface area contributed by atoms with Crippen molar-refractivity contribution in [2.24, 2.45) is 0 Å². The molecule has 2 aromatic heterocycles. The van der Waals surface area contributed by atoms with E-state index in [0.29, 0.717) is 43.2 Å². The van der Waals surface area contributed by atoms with Gasteiger partial charge in [-0.25, -0.2) is 9.67 Å². The fraction of sp³-hybridized carbons (Fsp3) is 0.143. The predicted octanol–water partition coefficient (Wildman–Crippen LogP) is 5.20. The van der Waals surface area contributed by atoms with Crippen LogP contribution >= 0.6 is 57.6 Å². The van der Waals surface area contributed by atoms with E-state index in [1.807, 2.05) is 59.1 Å². The highest BCUT2D eigenvalue weighted by Crippen LogP contribution is 2.28. The van der Waals surface area contributed by atoms with Gasteiger partial charge in [0.2, 0.25) is 0 Å². The first kappa shape index (κ1) is 22.3. The molecule has 0 fully saturated rings. The van der Waals surface area contributed by atoms with E-state index in [4.69, 9.17) is 23.2 Å². The van der Waals surface area contributed by atoms with E-state index >= 15 is 0 Å². The van der Waals surface area contributed by atoms with Crippen molar-refractivity contribution in [2.75, 3.05) is 0 Å². The molecule has 2 aromatic carbocycles. The lowest BCUT2D eigenvalue weighted by atomic mass is 10.1. The molecule has 0 saturated heterocycles. The Kier molecular flexibility index (Phi) is 7.31. The number of benzene rings is 2. The monoisotopic (exact) mass is 583 g/mol. The van der Waals surface area contributed by atoms with E-state index in [1.54, 1.807) is 22.9 Å². The fourth-order valence-corrected chi connectivity index (χ4v) is 4.67. The van der Waals surface area contributed by atoms with Crippen LogP contribution in [0.1, 0.15) is 22.5 Å². The third-order valence-corrected chi connectivity index (χ3v) is 7.17. The van der Waals surface area contributed by atoms with Gasteiger partial charge in [0.1, 0.15) is 3.57 Å². The highest BCUT2D eigenvalue weighted by Gasteiger charge is 2.14. The number of nitrogens with one attached hydrogen (secondary N) is 1. The molecule has 0 unspecified atom stereocenters. The van der Waals surface area contributed by atoms with Crippen LogP contribution in [0.2, 0.25) is 10.0 Å². The quantitative estimate of drug-likeness (QED) is 0.184. The molecule has 0 aliphatic rings. The summed E-state index contributed by atoms with van der Waals surface area (Å²) in [4.78, 5) is 19.9. The summed E-state index contributed by atoms with van der Waals surface area (Å²) in [6.07, 6.45) is 2.27. The first-order valence-electron chi connectivity index (χ1n) is 9.27. The summed E-state index contributed by atoms with van der Waals surface area (Å²) in [5.74, 6) is 0.532. The van der Waals surface area contributed by atoms with Gasteiger partial charge in [0.05, 0.1) is 17.9 Å². The maximum Gasteiger partial charge on any atom is 0.265 e. The van der Waals surface area contributed by atoms with Crippen LogP contribution in [0.4, 0.5) is 0 Å². The summed E-state index contributed by atoms with van der Waals surface area (Å²) >= 11 is 16.0. The van der Waals surface area contributed by atoms with Crippen LogP contribution in [0.15, 0.2) is 64.7 Å². The van der Waals surface area contributed by atoms with Crippen LogP contribution in [0.3, 0.4) is 0 Å². The topological polar surface area (TPSA) is 76.5 Å². The Hall–Kier alpha value is -1.88. The molecule has 1 N–H and O–H groups in total. The molecule has 0 aliphatic carbocycles. The van der Waals surface area contributed by atoms with E-state index in [1.165, 1.54) is 11.8 Å². The van der Waals surface area contributed by atoms with Crippen LogP contribution in [-0.2, 0) is 18.7 Å². The second-order valence-corrected chi connectivity index (χ2v) is 9.55. The normalized spacial score (nSPS) is 11.1. The molecular formula is C21H16Cl2IN5OS.